The summed E-state index contributed by atoms with van der Waals surface area (Å²) in [6.45, 7) is 3.14. The maximum absolute atomic E-state index is 11.7. The standard InChI is InChI=1S/C24H46NO2/c1-2-3-4-5-6-7-8-9-10-11-12-13-14-15-16-17-18-21-24(26)27-23-20-19-22-25-23/h23H,2-22H2,1H3. The third kappa shape index (κ3) is 16.1. The predicted octanol–water partition coefficient (Wildman–Crippen LogP) is 7.30. The second-order valence-electron chi connectivity index (χ2n) is 8.40. The van der Waals surface area contributed by atoms with Gasteiger partial charge < -0.3 is 4.74 Å². The van der Waals surface area contributed by atoms with E-state index in [9.17, 15) is 4.79 Å². The topological polar surface area (TPSA) is 40.4 Å². The predicted molar refractivity (Wildman–Crippen MR) is 115 cm³/mol. The molecule has 1 unspecified atom stereocenters. The van der Waals surface area contributed by atoms with Gasteiger partial charge in [-0.1, -0.05) is 110 Å². The van der Waals surface area contributed by atoms with E-state index in [0.717, 1.165) is 32.2 Å². The van der Waals surface area contributed by atoms with Gasteiger partial charge in [0.1, 0.15) is 0 Å². The van der Waals surface area contributed by atoms with E-state index in [1.165, 1.54) is 96.3 Å². The lowest BCUT2D eigenvalue weighted by Gasteiger charge is -2.10. The van der Waals surface area contributed by atoms with Crippen LogP contribution in [0.5, 0.6) is 0 Å². The molecule has 0 aromatic heterocycles. The van der Waals surface area contributed by atoms with Crippen LogP contribution in [0.2, 0.25) is 0 Å². The van der Waals surface area contributed by atoms with Crippen molar-refractivity contribution >= 4 is 5.97 Å². The summed E-state index contributed by atoms with van der Waals surface area (Å²) in [4.78, 5) is 11.7. The molecule has 1 radical (unpaired) electrons. The number of rotatable bonds is 19. The van der Waals surface area contributed by atoms with E-state index in [2.05, 4.69) is 12.2 Å². The van der Waals surface area contributed by atoms with Gasteiger partial charge in [-0.25, -0.2) is 5.32 Å². The fourth-order valence-corrected chi connectivity index (χ4v) is 3.89. The number of hydrogen-bond donors (Lipinski definition) is 0. The SMILES string of the molecule is CCCCCCCCCCCCCCCCCCCC(=O)OC1CCC[N]1. The third-order valence-corrected chi connectivity index (χ3v) is 5.69. The molecular formula is C24H46NO2. The monoisotopic (exact) mass is 380 g/mol. The highest BCUT2D eigenvalue weighted by Gasteiger charge is 2.19. The number of carbonyl (C=O) groups excluding carboxylic acids is 1. The van der Waals surface area contributed by atoms with Gasteiger partial charge in [-0.05, 0) is 12.8 Å². The van der Waals surface area contributed by atoms with Gasteiger partial charge in [-0.3, -0.25) is 4.79 Å². The van der Waals surface area contributed by atoms with Crippen molar-refractivity contribution in [3.05, 3.63) is 0 Å². The van der Waals surface area contributed by atoms with E-state index in [1.807, 2.05) is 0 Å². The van der Waals surface area contributed by atoms with Crippen LogP contribution < -0.4 is 5.32 Å². The van der Waals surface area contributed by atoms with Gasteiger partial charge in [0.25, 0.3) is 0 Å². The highest BCUT2D eigenvalue weighted by Crippen LogP contribution is 2.15. The summed E-state index contributed by atoms with van der Waals surface area (Å²) < 4.78 is 5.33. The van der Waals surface area contributed by atoms with Crippen molar-refractivity contribution in [3.63, 3.8) is 0 Å². The Hall–Kier alpha value is -0.570. The van der Waals surface area contributed by atoms with Gasteiger partial charge in [-0.2, -0.15) is 0 Å². The smallest absolute Gasteiger partial charge is 0.307 e. The number of unbranched alkanes of at least 4 members (excludes halogenated alkanes) is 16. The second kappa shape index (κ2) is 18.8. The molecule has 0 aromatic rings. The molecule has 3 heteroatoms. The quantitative estimate of drug-likeness (QED) is 0.174. The molecule has 0 N–H and O–H groups in total. The van der Waals surface area contributed by atoms with Crippen LogP contribution in [0.15, 0.2) is 0 Å². The van der Waals surface area contributed by atoms with Crippen LogP contribution in [0.3, 0.4) is 0 Å². The summed E-state index contributed by atoms with van der Waals surface area (Å²) in [7, 11) is 0. The molecule has 0 aliphatic carbocycles. The summed E-state index contributed by atoms with van der Waals surface area (Å²) in [5.41, 5.74) is 0. The van der Waals surface area contributed by atoms with Crippen LogP contribution in [-0.2, 0) is 9.53 Å². The Morgan fingerprint density at radius 2 is 1.19 bits per heavy atom. The zero-order valence-corrected chi connectivity index (χ0v) is 18.2. The molecule has 1 saturated heterocycles. The van der Waals surface area contributed by atoms with Crippen LogP contribution in [-0.4, -0.2) is 18.7 Å². The molecule has 0 spiro atoms. The molecule has 0 saturated carbocycles. The van der Waals surface area contributed by atoms with Crippen molar-refractivity contribution < 1.29 is 9.53 Å². The lowest BCUT2D eigenvalue weighted by Crippen LogP contribution is -2.22. The van der Waals surface area contributed by atoms with E-state index in [0.29, 0.717) is 6.42 Å². The zero-order valence-electron chi connectivity index (χ0n) is 18.2. The lowest BCUT2D eigenvalue weighted by atomic mass is 10.0. The number of nitrogens with zero attached hydrogens (tertiary/aromatic N) is 1. The minimum atomic E-state index is -0.136. The highest BCUT2D eigenvalue weighted by molar-refractivity contribution is 5.69. The summed E-state index contributed by atoms with van der Waals surface area (Å²) >= 11 is 0. The van der Waals surface area contributed by atoms with E-state index in [1.54, 1.807) is 0 Å². The van der Waals surface area contributed by atoms with Crippen molar-refractivity contribution in [2.75, 3.05) is 6.54 Å². The minimum absolute atomic E-state index is 0.0494. The van der Waals surface area contributed by atoms with E-state index < -0.39 is 0 Å². The first-order valence-electron chi connectivity index (χ1n) is 12.2. The molecule has 1 fully saturated rings. The first-order valence-corrected chi connectivity index (χ1v) is 12.2. The normalized spacial score (nSPS) is 16.7. The molecular weight excluding hydrogens is 334 g/mol. The number of carbonyl (C=O) groups is 1. The van der Waals surface area contributed by atoms with Crippen molar-refractivity contribution in [1.82, 2.24) is 5.32 Å². The Bertz CT molecular complexity index is 326. The van der Waals surface area contributed by atoms with Gasteiger partial charge in [0.15, 0.2) is 6.23 Å². The highest BCUT2D eigenvalue weighted by atomic mass is 16.6. The molecule has 0 aromatic carbocycles. The van der Waals surface area contributed by atoms with Gasteiger partial charge in [-0.15, -0.1) is 0 Å². The molecule has 1 aliphatic heterocycles. The maximum Gasteiger partial charge on any atom is 0.307 e. The number of hydrogen-bond acceptors (Lipinski definition) is 2. The largest absolute Gasteiger partial charge is 0.445 e. The molecule has 1 heterocycles. The first-order chi connectivity index (χ1) is 13.3. The van der Waals surface area contributed by atoms with Crippen LogP contribution in [0.4, 0.5) is 0 Å². The Labute approximate surface area is 169 Å². The minimum Gasteiger partial charge on any atom is -0.445 e. The Morgan fingerprint density at radius 3 is 1.59 bits per heavy atom. The average molecular weight is 381 g/mol. The van der Waals surface area contributed by atoms with Crippen molar-refractivity contribution in [3.8, 4) is 0 Å². The van der Waals surface area contributed by atoms with Crippen molar-refractivity contribution in [1.29, 1.82) is 0 Å². The van der Waals surface area contributed by atoms with Gasteiger partial charge in [0.2, 0.25) is 0 Å². The summed E-state index contributed by atoms with van der Waals surface area (Å²) in [5, 5.41) is 4.26. The molecule has 1 atom stereocenters. The summed E-state index contributed by atoms with van der Waals surface area (Å²) in [6.07, 6.45) is 25.6. The molecule has 27 heavy (non-hydrogen) atoms. The molecule has 3 nitrogen and oxygen atoms in total. The van der Waals surface area contributed by atoms with Gasteiger partial charge in [0.05, 0.1) is 0 Å². The average Bonchev–Trinajstić information content (AvgIpc) is 3.17. The fourth-order valence-electron chi connectivity index (χ4n) is 3.89. The maximum atomic E-state index is 11.7. The van der Waals surface area contributed by atoms with Crippen LogP contribution in [0.25, 0.3) is 0 Å². The zero-order chi connectivity index (χ0) is 19.4. The van der Waals surface area contributed by atoms with Crippen molar-refractivity contribution in [2.24, 2.45) is 0 Å². The molecule has 0 amide bonds. The number of ether oxygens (including phenoxy) is 1. The van der Waals surface area contributed by atoms with E-state index in [-0.39, 0.29) is 12.2 Å². The van der Waals surface area contributed by atoms with Crippen LogP contribution in [0, 0.1) is 0 Å². The first kappa shape index (κ1) is 24.5. The molecule has 1 rings (SSSR count). The fraction of sp³-hybridized carbons (Fsp3) is 0.958. The Morgan fingerprint density at radius 1 is 0.741 bits per heavy atom. The molecule has 159 valence electrons. The Balaban J connectivity index is 1.69. The Kier molecular flexibility index (Phi) is 17.0. The van der Waals surface area contributed by atoms with Gasteiger partial charge >= 0.3 is 5.97 Å². The summed E-state index contributed by atoms with van der Waals surface area (Å²) in [5.74, 6) is -0.0494. The van der Waals surface area contributed by atoms with Crippen molar-refractivity contribution in [2.45, 2.75) is 142 Å². The second-order valence-corrected chi connectivity index (χ2v) is 8.40. The third-order valence-electron chi connectivity index (χ3n) is 5.69. The lowest BCUT2D eigenvalue weighted by molar-refractivity contribution is -0.150. The van der Waals surface area contributed by atoms with Crippen LogP contribution in [0.1, 0.15) is 135 Å². The van der Waals surface area contributed by atoms with E-state index >= 15 is 0 Å². The summed E-state index contributed by atoms with van der Waals surface area (Å²) in [6, 6.07) is 0. The molecule has 0 bridgehead atoms. The van der Waals surface area contributed by atoms with Gasteiger partial charge in [0, 0.05) is 19.4 Å². The van der Waals surface area contributed by atoms with Crippen LogP contribution >= 0.6 is 0 Å². The molecule has 1 aliphatic rings. The number of esters is 1. The van der Waals surface area contributed by atoms with E-state index in [4.69, 9.17) is 4.74 Å².